The Bertz CT molecular complexity index is 768. The molecule has 1 aromatic carbocycles. The third kappa shape index (κ3) is 4.56. The van der Waals surface area contributed by atoms with Crippen molar-refractivity contribution in [1.82, 2.24) is 0 Å². The second-order valence-electron chi connectivity index (χ2n) is 6.51. The van der Waals surface area contributed by atoms with Crippen molar-refractivity contribution >= 4 is 21.9 Å². The Kier molecular flexibility index (Phi) is 4.95. The number of aryl methyl sites for hydroxylation is 1. The lowest BCUT2D eigenvalue weighted by molar-refractivity contribution is -0.0500. The maximum Gasteiger partial charge on any atom is 0.534 e. The van der Waals surface area contributed by atoms with Gasteiger partial charge in [0.1, 0.15) is 11.4 Å². The number of ether oxygens (including phenoxy) is 1. The largest absolute Gasteiger partial charge is 0.534 e. The van der Waals surface area contributed by atoms with E-state index >= 15 is 0 Å². The van der Waals surface area contributed by atoms with Gasteiger partial charge >= 0.3 is 21.7 Å². The summed E-state index contributed by atoms with van der Waals surface area (Å²) in [6.07, 6.45) is 0.449. The maximum absolute atomic E-state index is 12.4. The van der Waals surface area contributed by atoms with Gasteiger partial charge in [-0.3, -0.25) is 4.90 Å². The lowest BCUT2D eigenvalue weighted by Crippen LogP contribution is -2.39. The van der Waals surface area contributed by atoms with Crippen LogP contribution in [-0.4, -0.2) is 32.2 Å². The van der Waals surface area contributed by atoms with Crippen LogP contribution in [0.5, 0.6) is 5.75 Å². The highest BCUT2D eigenvalue weighted by Gasteiger charge is 2.48. The van der Waals surface area contributed by atoms with Crippen molar-refractivity contribution < 1.29 is 35.3 Å². The predicted molar refractivity (Wildman–Crippen MR) is 83.9 cm³/mol. The second kappa shape index (κ2) is 6.40. The normalized spacial score (nSPS) is 15.5. The van der Waals surface area contributed by atoms with Gasteiger partial charge in [-0.25, -0.2) is 4.79 Å². The minimum absolute atomic E-state index is 0.392. The Labute approximate surface area is 143 Å². The lowest BCUT2D eigenvalue weighted by atomic mass is 10.0. The van der Waals surface area contributed by atoms with Crippen molar-refractivity contribution in [2.75, 3.05) is 11.4 Å². The molecule has 0 aliphatic carbocycles. The SMILES string of the molecule is CC(C)(C)OC(=O)N1CCCc2cc(OS(=O)(=O)C(F)(F)F)ccc21. The molecule has 1 heterocycles. The maximum atomic E-state index is 12.4. The molecule has 0 spiro atoms. The minimum atomic E-state index is -5.74. The number of benzene rings is 1. The molecule has 0 atom stereocenters. The van der Waals surface area contributed by atoms with Gasteiger partial charge in [-0.15, -0.1) is 0 Å². The average molecular weight is 381 g/mol. The lowest BCUT2D eigenvalue weighted by Gasteiger charge is -2.31. The van der Waals surface area contributed by atoms with Crippen LogP contribution in [-0.2, 0) is 21.3 Å². The Morgan fingerprint density at radius 2 is 1.84 bits per heavy atom. The van der Waals surface area contributed by atoms with Gasteiger partial charge in [0.25, 0.3) is 0 Å². The van der Waals surface area contributed by atoms with Crippen LogP contribution in [0.4, 0.5) is 23.7 Å². The number of amides is 1. The van der Waals surface area contributed by atoms with Gasteiger partial charge in [-0.1, -0.05) is 0 Å². The molecule has 0 fully saturated rings. The van der Waals surface area contributed by atoms with E-state index in [0.29, 0.717) is 30.6 Å². The number of hydrogen-bond acceptors (Lipinski definition) is 5. The summed E-state index contributed by atoms with van der Waals surface area (Å²) in [7, 11) is -5.74. The summed E-state index contributed by atoms with van der Waals surface area (Å²) >= 11 is 0. The van der Waals surface area contributed by atoms with E-state index in [4.69, 9.17) is 4.74 Å². The molecule has 10 heteroatoms. The molecule has 0 saturated heterocycles. The van der Waals surface area contributed by atoms with E-state index in [0.717, 1.165) is 6.07 Å². The first-order valence-electron chi connectivity index (χ1n) is 7.44. The Balaban J connectivity index is 2.27. The van der Waals surface area contributed by atoms with Crippen LogP contribution in [0.1, 0.15) is 32.8 Å². The number of carbonyl (C=O) groups excluding carboxylic acids is 1. The second-order valence-corrected chi connectivity index (χ2v) is 8.05. The van der Waals surface area contributed by atoms with E-state index in [1.54, 1.807) is 20.8 Å². The Morgan fingerprint density at radius 1 is 1.20 bits per heavy atom. The number of alkyl halides is 3. The van der Waals surface area contributed by atoms with Gasteiger partial charge in [-0.2, -0.15) is 21.6 Å². The molecule has 25 heavy (non-hydrogen) atoms. The Morgan fingerprint density at radius 3 is 2.40 bits per heavy atom. The van der Waals surface area contributed by atoms with E-state index in [2.05, 4.69) is 4.18 Å². The van der Waals surface area contributed by atoms with E-state index in [9.17, 15) is 26.4 Å². The molecule has 2 rings (SSSR count). The standard InChI is InChI=1S/C15H18F3NO5S/c1-14(2,3)23-13(20)19-8-4-5-10-9-11(6-7-12(10)19)24-25(21,22)15(16,17)18/h6-7,9H,4-5,8H2,1-3H3. The van der Waals surface area contributed by atoms with Gasteiger partial charge in [0.2, 0.25) is 0 Å². The molecular formula is C15H18F3NO5S. The molecule has 0 N–H and O–H groups in total. The third-order valence-electron chi connectivity index (χ3n) is 3.27. The van der Waals surface area contributed by atoms with E-state index in [1.165, 1.54) is 17.0 Å². The Hall–Kier alpha value is -1.97. The van der Waals surface area contributed by atoms with Crippen LogP contribution in [0.15, 0.2) is 18.2 Å². The van der Waals surface area contributed by atoms with Gasteiger partial charge in [0.15, 0.2) is 0 Å². The summed E-state index contributed by atoms with van der Waals surface area (Å²) in [6, 6.07) is 3.61. The number of rotatable bonds is 2. The molecule has 0 aromatic heterocycles. The number of anilines is 1. The highest BCUT2D eigenvalue weighted by molar-refractivity contribution is 7.88. The zero-order valence-corrected chi connectivity index (χ0v) is 14.7. The quantitative estimate of drug-likeness (QED) is 0.578. The fourth-order valence-electron chi connectivity index (χ4n) is 2.31. The summed E-state index contributed by atoms with van der Waals surface area (Å²) in [6.45, 7) is 5.54. The molecule has 1 aromatic rings. The molecule has 1 aliphatic rings. The number of nitrogens with zero attached hydrogens (tertiary/aromatic N) is 1. The number of fused-ring (bicyclic) bond motifs is 1. The zero-order chi connectivity index (χ0) is 19.0. The first kappa shape index (κ1) is 19.4. The van der Waals surface area contributed by atoms with E-state index < -0.39 is 33.1 Å². The minimum Gasteiger partial charge on any atom is -0.443 e. The van der Waals surface area contributed by atoms with Gasteiger partial charge in [0, 0.05) is 6.54 Å². The zero-order valence-electron chi connectivity index (χ0n) is 13.9. The summed E-state index contributed by atoms with van der Waals surface area (Å²) in [5, 5.41) is 0. The van der Waals surface area contributed by atoms with Crippen LogP contribution in [0.3, 0.4) is 0 Å². The first-order chi connectivity index (χ1) is 11.3. The fourth-order valence-corrected chi connectivity index (χ4v) is 2.76. The number of hydrogen-bond donors (Lipinski definition) is 0. The average Bonchev–Trinajstić information content (AvgIpc) is 2.42. The van der Waals surface area contributed by atoms with Crippen molar-refractivity contribution in [3.05, 3.63) is 23.8 Å². The van der Waals surface area contributed by atoms with E-state index in [1.807, 2.05) is 0 Å². The molecular weight excluding hydrogens is 363 g/mol. The summed E-state index contributed by atoms with van der Waals surface area (Å²) in [5.41, 5.74) is -5.24. The van der Waals surface area contributed by atoms with Crippen LogP contribution in [0, 0.1) is 0 Å². The molecule has 0 radical (unpaired) electrons. The fraction of sp³-hybridized carbons (Fsp3) is 0.533. The van der Waals surface area contributed by atoms with Gasteiger partial charge < -0.3 is 8.92 Å². The molecule has 0 bridgehead atoms. The van der Waals surface area contributed by atoms with Crippen LogP contribution >= 0.6 is 0 Å². The third-order valence-corrected chi connectivity index (χ3v) is 4.25. The number of halogens is 3. The summed E-state index contributed by atoms with van der Waals surface area (Å²) in [5.74, 6) is -0.456. The van der Waals surface area contributed by atoms with Gasteiger partial charge in [0.05, 0.1) is 5.69 Å². The van der Waals surface area contributed by atoms with Crippen molar-refractivity contribution in [1.29, 1.82) is 0 Å². The highest BCUT2D eigenvalue weighted by atomic mass is 32.2. The topological polar surface area (TPSA) is 72.9 Å². The smallest absolute Gasteiger partial charge is 0.443 e. The van der Waals surface area contributed by atoms with Crippen molar-refractivity contribution in [2.45, 2.75) is 44.7 Å². The molecule has 140 valence electrons. The number of carbonyl (C=O) groups is 1. The van der Waals surface area contributed by atoms with Crippen LogP contribution in [0.25, 0.3) is 0 Å². The predicted octanol–water partition coefficient (Wildman–Crippen LogP) is 3.60. The van der Waals surface area contributed by atoms with E-state index in [-0.39, 0.29) is 0 Å². The summed E-state index contributed by atoms with van der Waals surface area (Å²) in [4.78, 5) is 13.6. The van der Waals surface area contributed by atoms with Crippen molar-refractivity contribution in [3.8, 4) is 5.75 Å². The van der Waals surface area contributed by atoms with Crippen molar-refractivity contribution in [3.63, 3.8) is 0 Å². The molecule has 0 unspecified atom stereocenters. The summed E-state index contributed by atoms with van der Waals surface area (Å²) < 4.78 is 68.8. The van der Waals surface area contributed by atoms with Crippen LogP contribution < -0.4 is 9.08 Å². The monoisotopic (exact) mass is 381 g/mol. The molecule has 1 aliphatic heterocycles. The first-order valence-corrected chi connectivity index (χ1v) is 8.85. The van der Waals surface area contributed by atoms with Crippen molar-refractivity contribution in [2.24, 2.45) is 0 Å². The molecule has 6 nitrogen and oxygen atoms in total. The van der Waals surface area contributed by atoms with Gasteiger partial charge in [-0.05, 0) is 57.4 Å². The molecule has 0 saturated carbocycles. The highest BCUT2D eigenvalue weighted by Crippen LogP contribution is 2.34. The van der Waals surface area contributed by atoms with Crippen LogP contribution in [0.2, 0.25) is 0 Å². The molecule has 1 amide bonds.